The van der Waals surface area contributed by atoms with E-state index in [1.54, 1.807) is 7.11 Å². The summed E-state index contributed by atoms with van der Waals surface area (Å²) in [6, 6.07) is 16.7. The molecule has 2 aromatic rings. The number of hydrogen-bond donors (Lipinski definition) is 1. The van der Waals surface area contributed by atoms with Crippen LogP contribution >= 0.6 is 0 Å². The Labute approximate surface area is 126 Å². The van der Waals surface area contributed by atoms with Crippen LogP contribution in [-0.4, -0.2) is 26.9 Å². The highest BCUT2D eigenvalue weighted by molar-refractivity contribution is 5.70. The molecule has 0 atom stereocenters. The predicted octanol–water partition coefficient (Wildman–Crippen LogP) is 3.49. The zero-order valence-corrected chi connectivity index (χ0v) is 12.8. The molecule has 3 heteroatoms. The summed E-state index contributed by atoms with van der Waals surface area (Å²) in [6.45, 7) is 5.13. The van der Waals surface area contributed by atoms with Crippen LogP contribution in [0.15, 0.2) is 48.5 Å². The van der Waals surface area contributed by atoms with Crippen LogP contribution in [0.1, 0.15) is 12.5 Å². The van der Waals surface area contributed by atoms with Gasteiger partial charge in [0.2, 0.25) is 0 Å². The minimum atomic E-state index is 0.560. The van der Waals surface area contributed by atoms with E-state index in [4.69, 9.17) is 9.47 Å². The number of nitrogens with one attached hydrogen (secondary N) is 1. The molecule has 2 rings (SSSR count). The first-order chi connectivity index (χ1) is 10.3. The van der Waals surface area contributed by atoms with E-state index >= 15 is 0 Å². The third-order valence-corrected chi connectivity index (χ3v) is 3.25. The summed E-state index contributed by atoms with van der Waals surface area (Å²) in [5.41, 5.74) is 3.58. The Hall–Kier alpha value is -1.84. The second kappa shape index (κ2) is 8.45. The van der Waals surface area contributed by atoms with Crippen molar-refractivity contribution in [2.45, 2.75) is 13.5 Å². The van der Waals surface area contributed by atoms with Crippen molar-refractivity contribution >= 4 is 0 Å². The van der Waals surface area contributed by atoms with Crippen LogP contribution in [0.3, 0.4) is 0 Å². The van der Waals surface area contributed by atoms with Gasteiger partial charge >= 0.3 is 0 Å². The summed E-state index contributed by atoms with van der Waals surface area (Å²) in [6.07, 6.45) is 0. The number of benzene rings is 2. The molecule has 0 saturated heterocycles. The van der Waals surface area contributed by atoms with Crippen molar-refractivity contribution in [3.63, 3.8) is 0 Å². The smallest absolute Gasteiger partial charge is 0.127 e. The standard InChI is InChI=1S/C18H23NO2/c1-3-19-14-15-7-6-8-16(13-15)17-9-4-5-10-18(17)21-12-11-20-2/h4-10,13,19H,3,11-12,14H2,1-2H3. The molecule has 1 N–H and O–H groups in total. The third-order valence-electron chi connectivity index (χ3n) is 3.25. The van der Waals surface area contributed by atoms with E-state index in [1.165, 1.54) is 11.1 Å². The van der Waals surface area contributed by atoms with Crippen molar-refractivity contribution in [2.75, 3.05) is 26.9 Å². The van der Waals surface area contributed by atoms with Crippen molar-refractivity contribution in [2.24, 2.45) is 0 Å². The van der Waals surface area contributed by atoms with Crippen molar-refractivity contribution in [3.05, 3.63) is 54.1 Å². The molecule has 3 nitrogen and oxygen atoms in total. The fraction of sp³-hybridized carbons (Fsp3) is 0.333. The summed E-state index contributed by atoms with van der Waals surface area (Å²) in [7, 11) is 1.68. The van der Waals surface area contributed by atoms with E-state index in [2.05, 4.69) is 42.6 Å². The third kappa shape index (κ3) is 4.59. The monoisotopic (exact) mass is 285 g/mol. The lowest BCUT2D eigenvalue weighted by Crippen LogP contribution is -2.11. The molecular weight excluding hydrogens is 262 g/mol. The van der Waals surface area contributed by atoms with Gasteiger partial charge in [-0.2, -0.15) is 0 Å². The normalized spacial score (nSPS) is 10.6. The van der Waals surface area contributed by atoms with Gasteiger partial charge in [0.05, 0.1) is 6.61 Å². The lowest BCUT2D eigenvalue weighted by atomic mass is 10.0. The SMILES string of the molecule is CCNCc1cccc(-c2ccccc2OCCOC)c1. The summed E-state index contributed by atoms with van der Waals surface area (Å²) in [4.78, 5) is 0. The number of ether oxygens (including phenoxy) is 2. The summed E-state index contributed by atoms with van der Waals surface area (Å²) < 4.78 is 10.9. The van der Waals surface area contributed by atoms with Crippen LogP contribution in [0.4, 0.5) is 0 Å². The zero-order valence-electron chi connectivity index (χ0n) is 12.8. The van der Waals surface area contributed by atoms with Gasteiger partial charge < -0.3 is 14.8 Å². The van der Waals surface area contributed by atoms with E-state index < -0.39 is 0 Å². The van der Waals surface area contributed by atoms with E-state index in [0.29, 0.717) is 13.2 Å². The second-order valence-corrected chi connectivity index (χ2v) is 4.82. The topological polar surface area (TPSA) is 30.5 Å². The average Bonchev–Trinajstić information content (AvgIpc) is 2.54. The number of rotatable bonds is 8. The maximum Gasteiger partial charge on any atom is 0.127 e. The van der Waals surface area contributed by atoms with Gasteiger partial charge in [0, 0.05) is 19.2 Å². The van der Waals surface area contributed by atoms with Gasteiger partial charge in [-0.15, -0.1) is 0 Å². The van der Waals surface area contributed by atoms with Crippen molar-refractivity contribution < 1.29 is 9.47 Å². The quantitative estimate of drug-likeness (QED) is 0.753. The summed E-state index contributed by atoms with van der Waals surface area (Å²) >= 11 is 0. The molecule has 112 valence electrons. The van der Waals surface area contributed by atoms with Gasteiger partial charge in [-0.3, -0.25) is 0 Å². The van der Waals surface area contributed by atoms with Gasteiger partial charge in [-0.1, -0.05) is 43.3 Å². The fourth-order valence-electron chi connectivity index (χ4n) is 2.18. The molecule has 0 unspecified atom stereocenters. The van der Waals surface area contributed by atoms with Crippen molar-refractivity contribution in [1.82, 2.24) is 5.32 Å². The molecule has 0 aromatic heterocycles. The number of hydrogen-bond acceptors (Lipinski definition) is 3. The molecule has 21 heavy (non-hydrogen) atoms. The van der Waals surface area contributed by atoms with Gasteiger partial charge in [-0.05, 0) is 29.8 Å². The highest BCUT2D eigenvalue weighted by Crippen LogP contribution is 2.30. The first-order valence-corrected chi connectivity index (χ1v) is 7.36. The van der Waals surface area contributed by atoms with Crippen molar-refractivity contribution in [1.29, 1.82) is 0 Å². The lowest BCUT2D eigenvalue weighted by Gasteiger charge is -2.12. The molecule has 0 spiro atoms. The molecule has 2 aromatic carbocycles. The molecule has 0 bridgehead atoms. The Morgan fingerprint density at radius 3 is 2.67 bits per heavy atom. The van der Waals surface area contributed by atoms with Crippen LogP contribution in [0.25, 0.3) is 11.1 Å². The molecule has 0 saturated carbocycles. The first kappa shape index (κ1) is 15.5. The fourth-order valence-corrected chi connectivity index (χ4v) is 2.18. The Morgan fingerprint density at radius 1 is 1.00 bits per heavy atom. The van der Waals surface area contributed by atoms with E-state index in [0.717, 1.165) is 24.4 Å². The summed E-state index contributed by atoms with van der Waals surface area (Å²) in [5, 5.41) is 3.35. The van der Waals surface area contributed by atoms with Crippen LogP contribution in [0, 0.1) is 0 Å². The van der Waals surface area contributed by atoms with Crippen LogP contribution < -0.4 is 10.1 Å². The van der Waals surface area contributed by atoms with E-state index in [9.17, 15) is 0 Å². The largest absolute Gasteiger partial charge is 0.491 e. The molecule has 0 aliphatic heterocycles. The molecule has 0 aliphatic rings. The predicted molar refractivity (Wildman–Crippen MR) is 86.6 cm³/mol. The highest BCUT2D eigenvalue weighted by atomic mass is 16.5. The minimum Gasteiger partial charge on any atom is -0.491 e. The van der Waals surface area contributed by atoms with Crippen LogP contribution in [0.5, 0.6) is 5.75 Å². The molecule has 0 aliphatic carbocycles. The highest BCUT2D eigenvalue weighted by Gasteiger charge is 2.06. The maximum atomic E-state index is 5.81. The van der Waals surface area contributed by atoms with Gasteiger partial charge in [0.1, 0.15) is 12.4 Å². The van der Waals surface area contributed by atoms with Gasteiger partial charge in [-0.25, -0.2) is 0 Å². The van der Waals surface area contributed by atoms with Crippen LogP contribution in [-0.2, 0) is 11.3 Å². The summed E-state index contributed by atoms with van der Waals surface area (Å²) in [5.74, 6) is 0.898. The maximum absolute atomic E-state index is 5.81. The molecular formula is C18H23NO2. The van der Waals surface area contributed by atoms with E-state index in [1.807, 2.05) is 18.2 Å². The number of para-hydroxylation sites is 1. The van der Waals surface area contributed by atoms with Crippen LogP contribution in [0.2, 0.25) is 0 Å². The Balaban J connectivity index is 2.20. The first-order valence-electron chi connectivity index (χ1n) is 7.36. The molecule has 0 radical (unpaired) electrons. The Morgan fingerprint density at radius 2 is 1.86 bits per heavy atom. The van der Waals surface area contributed by atoms with E-state index in [-0.39, 0.29) is 0 Å². The minimum absolute atomic E-state index is 0.560. The zero-order chi connectivity index (χ0) is 14.9. The molecule has 0 fully saturated rings. The lowest BCUT2D eigenvalue weighted by molar-refractivity contribution is 0.146. The Kier molecular flexibility index (Phi) is 6.25. The molecule has 0 heterocycles. The Bertz CT molecular complexity index is 554. The second-order valence-electron chi connectivity index (χ2n) is 4.82. The average molecular weight is 285 g/mol. The number of methoxy groups -OCH3 is 1. The van der Waals surface area contributed by atoms with Gasteiger partial charge in [0.25, 0.3) is 0 Å². The van der Waals surface area contributed by atoms with Gasteiger partial charge in [0.15, 0.2) is 0 Å². The van der Waals surface area contributed by atoms with Crippen molar-refractivity contribution in [3.8, 4) is 16.9 Å². The molecule has 0 amide bonds.